The third-order valence-electron chi connectivity index (χ3n) is 5.44. The molecule has 0 amide bonds. The van der Waals surface area contributed by atoms with E-state index >= 15 is 0 Å². The molecule has 3 rings (SSSR count). The number of para-hydroxylation sites is 1. The van der Waals surface area contributed by atoms with Crippen LogP contribution in [0.1, 0.15) is 27.7 Å². The highest BCUT2D eigenvalue weighted by molar-refractivity contribution is 5.88. The molecular formula is C25H31N3O. The molecule has 0 N–H and O–H groups in total. The van der Waals surface area contributed by atoms with Gasteiger partial charge in [0.1, 0.15) is 0 Å². The Bertz CT molecular complexity index is 972. The van der Waals surface area contributed by atoms with E-state index in [0.717, 1.165) is 54.4 Å². The minimum atomic E-state index is 0.0141. The van der Waals surface area contributed by atoms with E-state index in [1.807, 2.05) is 66.9 Å². The van der Waals surface area contributed by atoms with Gasteiger partial charge in [0, 0.05) is 38.1 Å². The molecule has 0 fully saturated rings. The van der Waals surface area contributed by atoms with E-state index in [1.165, 1.54) is 0 Å². The van der Waals surface area contributed by atoms with Crippen LogP contribution in [0.4, 0.5) is 11.4 Å². The second-order valence-corrected chi connectivity index (χ2v) is 6.96. The van der Waals surface area contributed by atoms with Gasteiger partial charge in [-0.3, -0.25) is 9.36 Å². The zero-order valence-corrected chi connectivity index (χ0v) is 17.9. The molecule has 0 aliphatic rings. The molecule has 1 aromatic heterocycles. The van der Waals surface area contributed by atoms with Crippen LogP contribution in [0, 0.1) is 0 Å². The molecule has 0 radical (unpaired) electrons. The Morgan fingerprint density at radius 1 is 0.724 bits per heavy atom. The van der Waals surface area contributed by atoms with Crippen molar-refractivity contribution in [3.63, 3.8) is 0 Å². The zero-order chi connectivity index (χ0) is 20.8. The van der Waals surface area contributed by atoms with Crippen LogP contribution in [-0.4, -0.2) is 30.7 Å². The third kappa shape index (κ3) is 4.07. The highest BCUT2D eigenvalue weighted by atomic mass is 16.1. The fourth-order valence-electron chi connectivity index (χ4n) is 3.89. The summed E-state index contributed by atoms with van der Waals surface area (Å²) in [4.78, 5) is 18.4. The molecular weight excluding hydrogens is 358 g/mol. The number of hydrogen-bond donors (Lipinski definition) is 0. The van der Waals surface area contributed by atoms with Gasteiger partial charge in [0.15, 0.2) is 0 Å². The van der Waals surface area contributed by atoms with Crippen molar-refractivity contribution in [3.8, 4) is 16.8 Å². The van der Waals surface area contributed by atoms with Gasteiger partial charge >= 0.3 is 0 Å². The van der Waals surface area contributed by atoms with Gasteiger partial charge in [-0.2, -0.15) is 0 Å². The Morgan fingerprint density at radius 2 is 1.24 bits per heavy atom. The van der Waals surface area contributed by atoms with Crippen LogP contribution in [-0.2, 0) is 0 Å². The molecule has 0 saturated carbocycles. The van der Waals surface area contributed by atoms with Crippen molar-refractivity contribution in [3.05, 3.63) is 77.2 Å². The van der Waals surface area contributed by atoms with E-state index < -0.39 is 0 Å². The fourth-order valence-corrected chi connectivity index (χ4v) is 3.89. The van der Waals surface area contributed by atoms with Crippen LogP contribution in [0.2, 0.25) is 0 Å². The van der Waals surface area contributed by atoms with Gasteiger partial charge in [0.2, 0.25) is 0 Å². The maximum absolute atomic E-state index is 13.8. The van der Waals surface area contributed by atoms with Gasteiger partial charge in [-0.25, -0.2) is 0 Å². The lowest BCUT2D eigenvalue weighted by Gasteiger charge is -2.32. The van der Waals surface area contributed by atoms with Gasteiger partial charge < -0.3 is 9.80 Å². The molecule has 152 valence electrons. The predicted molar refractivity (Wildman–Crippen MR) is 125 cm³/mol. The van der Waals surface area contributed by atoms with Crippen molar-refractivity contribution < 1.29 is 0 Å². The minimum absolute atomic E-state index is 0.0141. The molecule has 0 saturated heterocycles. The van der Waals surface area contributed by atoms with Gasteiger partial charge in [-0.15, -0.1) is 0 Å². The van der Waals surface area contributed by atoms with Crippen LogP contribution in [0.5, 0.6) is 0 Å². The monoisotopic (exact) mass is 389 g/mol. The fraction of sp³-hybridized carbons (Fsp3) is 0.320. The third-order valence-corrected chi connectivity index (χ3v) is 5.44. The Balaban J connectivity index is 2.45. The van der Waals surface area contributed by atoms with Gasteiger partial charge in [-0.05, 0) is 45.4 Å². The molecule has 29 heavy (non-hydrogen) atoms. The summed E-state index contributed by atoms with van der Waals surface area (Å²) in [7, 11) is 0. The first-order valence-electron chi connectivity index (χ1n) is 10.6. The first kappa shape index (κ1) is 20.7. The quantitative estimate of drug-likeness (QED) is 0.530. The lowest BCUT2D eigenvalue weighted by atomic mass is 10.0. The van der Waals surface area contributed by atoms with Crippen LogP contribution in [0.3, 0.4) is 0 Å². The van der Waals surface area contributed by atoms with E-state index in [1.54, 1.807) is 4.57 Å². The standard InChI is InChI=1S/C25H31N3O/c1-5-26(6-2)22-19-28(21-17-13-10-14-18-21)25(29)23(20-15-11-9-12-16-20)24(22)27(7-3)8-4/h9-19H,5-8H2,1-4H3. The Morgan fingerprint density at radius 3 is 1.76 bits per heavy atom. The molecule has 0 atom stereocenters. The summed E-state index contributed by atoms with van der Waals surface area (Å²) in [5.41, 5.74) is 4.75. The van der Waals surface area contributed by atoms with Crippen molar-refractivity contribution in [2.24, 2.45) is 0 Å². The number of rotatable bonds is 8. The molecule has 0 spiro atoms. The summed E-state index contributed by atoms with van der Waals surface area (Å²) >= 11 is 0. The van der Waals surface area contributed by atoms with Crippen LogP contribution < -0.4 is 15.4 Å². The summed E-state index contributed by atoms with van der Waals surface area (Å²) < 4.78 is 1.79. The molecule has 0 unspecified atom stereocenters. The Kier molecular flexibility index (Phi) is 6.76. The van der Waals surface area contributed by atoms with Crippen molar-refractivity contribution >= 4 is 11.4 Å². The van der Waals surface area contributed by atoms with Crippen LogP contribution in [0.25, 0.3) is 16.8 Å². The Hall–Kier alpha value is -3.01. The Labute approximate surface area is 174 Å². The summed E-state index contributed by atoms with van der Waals surface area (Å²) in [6.45, 7) is 12.1. The maximum atomic E-state index is 13.8. The second kappa shape index (κ2) is 9.46. The average molecular weight is 390 g/mol. The maximum Gasteiger partial charge on any atom is 0.265 e. The molecule has 0 aliphatic carbocycles. The first-order chi connectivity index (χ1) is 14.2. The number of benzene rings is 2. The SMILES string of the molecule is CCN(CC)c1cn(-c2ccccc2)c(=O)c(-c2ccccc2)c1N(CC)CC. The van der Waals surface area contributed by atoms with E-state index in [9.17, 15) is 4.79 Å². The molecule has 4 nitrogen and oxygen atoms in total. The van der Waals surface area contributed by atoms with Crippen molar-refractivity contribution in [1.29, 1.82) is 0 Å². The van der Waals surface area contributed by atoms with E-state index in [4.69, 9.17) is 0 Å². The number of nitrogens with zero attached hydrogens (tertiary/aromatic N) is 3. The number of pyridine rings is 1. The molecule has 2 aromatic carbocycles. The first-order valence-corrected chi connectivity index (χ1v) is 10.6. The summed E-state index contributed by atoms with van der Waals surface area (Å²) in [6.07, 6.45) is 2.02. The number of aromatic nitrogens is 1. The highest BCUT2D eigenvalue weighted by Crippen LogP contribution is 2.37. The summed E-state index contributed by atoms with van der Waals surface area (Å²) in [5.74, 6) is 0. The highest BCUT2D eigenvalue weighted by Gasteiger charge is 2.23. The molecule has 3 aromatic rings. The van der Waals surface area contributed by atoms with Crippen molar-refractivity contribution in [2.75, 3.05) is 36.0 Å². The number of anilines is 2. The predicted octanol–water partition coefficient (Wildman–Crippen LogP) is 5.20. The average Bonchev–Trinajstić information content (AvgIpc) is 2.78. The minimum Gasteiger partial charge on any atom is -0.370 e. The van der Waals surface area contributed by atoms with Gasteiger partial charge in [-0.1, -0.05) is 48.5 Å². The normalized spacial score (nSPS) is 10.8. The van der Waals surface area contributed by atoms with Gasteiger partial charge in [0.05, 0.1) is 16.9 Å². The zero-order valence-electron chi connectivity index (χ0n) is 17.9. The van der Waals surface area contributed by atoms with Crippen molar-refractivity contribution in [2.45, 2.75) is 27.7 Å². The number of hydrogen-bond acceptors (Lipinski definition) is 3. The van der Waals surface area contributed by atoms with Crippen LogP contribution >= 0.6 is 0 Å². The largest absolute Gasteiger partial charge is 0.370 e. The van der Waals surface area contributed by atoms with Crippen LogP contribution in [0.15, 0.2) is 71.7 Å². The lowest BCUT2D eigenvalue weighted by molar-refractivity contribution is 0.819. The smallest absolute Gasteiger partial charge is 0.265 e. The van der Waals surface area contributed by atoms with Crippen molar-refractivity contribution in [1.82, 2.24) is 4.57 Å². The molecule has 0 aliphatic heterocycles. The molecule has 1 heterocycles. The second-order valence-electron chi connectivity index (χ2n) is 6.96. The summed E-state index contributed by atoms with van der Waals surface area (Å²) in [5, 5.41) is 0. The van der Waals surface area contributed by atoms with Gasteiger partial charge in [0.25, 0.3) is 5.56 Å². The van der Waals surface area contributed by atoms with E-state index in [0.29, 0.717) is 0 Å². The topological polar surface area (TPSA) is 28.5 Å². The molecule has 0 bridgehead atoms. The van der Waals surface area contributed by atoms with E-state index in [2.05, 4.69) is 37.5 Å². The lowest BCUT2D eigenvalue weighted by Crippen LogP contribution is -2.33. The molecule has 4 heteroatoms. The summed E-state index contributed by atoms with van der Waals surface area (Å²) in [6, 6.07) is 19.9. The van der Waals surface area contributed by atoms with E-state index in [-0.39, 0.29) is 5.56 Å².